The maximum atomic E-state index is 12.2. The zero-order chi connectivity index (χ0) is 25.4. The van der Waals surface area contributed by atoms with E-state index in [2.05, 4.69) is 21.9 Å². The van der Waals surface area contributed by atoms with Gasteiger partial charge < -0.3 is 10.5 Å². The van der Waals surface area contributed by atoms with Crippen LogP contribution in [0.15, 0.2) is 36.4 Å². The number of primary amides is 1. The SMILES string of the molecule is Cc1nn(CCCCCCCC#Cc2cccc(C(=O)OC(C)(C)C)n2)c2cc(C(N)=O)ccc12. The number of ether oxygens (including phenoxy) is 1. The number of unbranched alkanes of at least 4 members (excludes halogenated alkanes) is 5. The number of benzene rings is 1. The molecule has 1 aromatic carbocycles. The van der Waals surface area contributed by atoms with Crippen LogP contribution in [-0.4, -0.2) is 32.2 Å². The van der Waals surface area contributed by atoms with E-state index in [0.29, 0.717) is 11.3 Å². The highest BCUT2D eigenvalue weighted by atomic mass is 16.6. The number of rotatable bonds is 9. The molecule has 7 nitrogen and oxygen atoms in total. The second kappa shape index (κ2) is 11.7. The van der Waals surface area contributed by atoms with Gasteiger partial charge in [0.2, 0.25) is 5.91 Å². The van der Waals surface area contributed by atoms with Gasteiger partial charge >= 0.3 is 5.97 Å². The lowest BCUT2D eigenvalue weighted by molar-refractivity contribution is 0.00626. The lowest BCUT2D eigenvalue weighted by Gasteiger charge is -2.18. The Morgan fingerprint density at radius 2 is 1.80 bits per heavy atom. The van der Waals surface area contributed by atoms with Gasteiger partial charge in [0.1, 0.15) is 17.0 Å². The molecule has 35 heavy (non-hydrogen) atoms. The third kappa shape index (κ3) is 7.68. The number of aryl methyl sites for hydroxylation is 2. The van der Waals surface area contributed by atoms with E-state index in [4.69, 9.17) is 10.5 Å². The van der Waals surface area contributed by atoms with E-state index in [9.17, 15) is 9.59 Å². The average molecular weight is 475 g/mol. The van der Waals surface area contributed by atoms with Gasteiger partial charge in [-0.1, -0.05) is 37.3 Å². The normalized spacial score (nSPS) is 11.2. The summed E-state index contributed by atoms with van der Waals surface area (Å²) in [6.45, 7) is 8.28. The number of amides is 1. The molecule has 0 aliphatic carbocycles. The van der Waals surface area contributed by atoms with Crippen LogP contribution in [0.5, 0.6) is 0 Å². The minimum absolute atomic E-state index is 0.276. The number of hydrogen-bond acceptors (Lipinski definition) is 5. The van der Waals surface area contributed by atoms with Crippen LogP contribution in [0.25, 0.3) is 10.9 Å². The maximum absolute atomic E-state index is 12.2. The number of nitrogens with two attached hydrogens (primary N) is 1. The molecule has 7 heteroatoms. The largest absolute Gasteiger partial charge is 0.455 e. The molecule has 0 aliphatic rings. The summed E-state index contributed by atoms with van der Waals surface area (Å²) >= 11 is 0. The van der Waals surface area contributed by atoms with Crippen molar-refractivity contribution in [2.24, 2.45) is 5.73 Å². The molecule has 0 spiro atoms. The second-order valence-electron chi connectivity index (χ2n) is 9.63. The van der Waals surface area contributed by atoms with Crippen molar-refractivity contribution in [2.75, 3.05) is 0 Å². The van der Waals surface area contributed by atoms with Crippen LogP contribution in [-0.2, 0) is 11.3 Å². The van der Waals surface area contributed by atoms with Gasteiger partial charge in [0.25, 0.3) is 0 Å². The highest BCUT2D eigenvalue weighted by molar-refractivity contribution is 5.97. The summed E-state index contributed by atoms with van der Waals surface area (Å²) in [5, 5.41) is 5.68. The van der Waals surface area contributed by atoms with Crippen LogP contribution in [0.2, 0.25) is 0 Å². The summed E-state index contributed by atoms with van der Waals surface area (Å²) in [4.78, 5) is 28.0. The van der Waals surface area contributed by atoms with E-state index in [0.717, 1.165) is 61.7 Å². The smallest absolute Gasteiger partial charge is 0.357 e. The summed E-state index contributed by atoms with van der Waals surface area (Å²) in [6, 6.07) is 10.7. The first kappa shape index (κ1) is 26.0. The number of aromatic nitrogens is 3. The fourth-order valence-electron chi connectivity index (χ4n) is 3.77. The van der Waals surface area contributed by atoms with Crippen LogP contribution in [0.3, 0.4) is 0 Å². The minimum Gasteiger partial charge on any atom is -0.455 e. The zero-order valence-electron chi connectivity index (χ0n) is 21.1. The maximum Gasteiger partial charge on any atom is 0.357 e. The zero-order valence-corrected chi connectivity index (χ0v) is 21.1. The molecule has 0 radical (unpaired) electrons. The summed E-state index contributed by atoms with van der Waals surface area (Å²) < 4.78 is 7.33. The van der Waals surface area contributed by atoms with Crippen molar-refractivity contribution < 1.29 is 14.3 Å². The molecule has 0 aliphatic heterocycles. The molecule has 2 aromatic heterocycles. The van der Waals surface area contributed by atoms with Crippen LogP contribution in [0.1, 0.15) is 91.5 Å². The molecule has 0 bridgehead atoms. The van der Waals surface area contributed by atoms with Gasteiger partial charge in [0.05, 0.1) is 11.2 Å². The van der Waals surface area contributed by atoms with Crippen molar-refractivity contribution in [3.63, 3.8) is 0 Å². The quantitative estimate of drug-likeness (QED) is 0.261. The topological polar surface area (TPSA) is 100 Å². The molecule has 2 N–H and O–H groups in total. The Balaban J connectivity index is 1.39. The summed E-state index contributed by atoms with van der Waals surface area (Å²) in [5.41, 5.74) is 8.14. The lowest BCUT2D eigenvalue weighted by Crippen LogP contribution is -2.24. The average Bonchev–Trinajstić information content (AvgIpc) is 3.12. The van der Waals surface area contributed by atoms with E-state index < -0.39 is 17.5 Å². The Morgan fingerprint density at radius 1 is 1.06 bits per heavy atom. The summed E-state index contributed by atoms with van der Waals surface area (Å²) in [6.07, 6.45) is 6.15. The Bertz CT molecular complexity index is 1260. The monoisotopic (exact) mass is 474 g/mol. The number of hydrogen-bond donors (Lipinski definition) is 1. The van der Waals surface area contributed by atoms with Crippen molar-refractivity contribution in [3.05, 3.63) is 59.0 Å². The van der Waals surface area contributed by atoms with Gasteiger partial charge in [-0.05, 0) is 70.7 Å². The van der Waals surface area contributed by atoms with E-state index in [1.165, 1.54) is 0 Å². The van der Waals surface area contributed by atoms with Crippen LogP contribution >= 0.6 is 0 Å². The van der Waals surface area contributed by atoms with Gasteiger partial charge in [-0.25, -0.2) is 9.78 Å². The van der Waals surface area contributed by atoms with Gasteiger partial charge in [0.15, 0.2) is 0 Å². The number of carbonyl (C=O) groups excluding carboxylic acids is 2. The molecule has 0 fully saturated rings. The Hall–Kier alpha value is -3.66. The fraction of sp³-hybridized carbons (Fsp3) is 0.429. The summed E-state index contributed by atoms with van der Waals surface area (Å²) in [7, 11) is 0. The number of pyridine rings is 1. The van der Waals surface area contributed by atoms with Crippen molar-refractivity contribution in [2.45, 2.75) is 78.4 Å². The van der Waals surface area contributed by atoms with Gasteiger partial charge in [0, 0.05) is 23.9 Å². The lowest BCUT2D eigenvalue weighted by atomic mass is 10.1. The Morgan fingerprint density at radius 3 is 2.54 bits per heavy atom. The van der Waals surface area contributed by atoms with Crippen molar-refractivity contribution >= 4 is 22.8 Å². The Kier molecular flexibility index (Phi) is 8.64. The molecular formula is C28H34N4O3. The number of esters is 1. The van der Waals surface area contributed by atoms with Gasteiger partial charge in [-0.3, -0.25) is 9.48 Å². The van der Waals surface area contributed by atoms with Crippen LogP contribution in [0.4, 0.5) is 0 Å². The second-order valence-corrected chi connectivity index (χ2v) is 9.63. The van der Waals surface area contributed by atoms with E-state index in [-0.39, 0.29) is 5.69 Å². The van der Waals surface area contributed by atoms with E-state index in [1.54, 1.807) is 24.3 Å². The first-order chi connectivity index (χ1) is 16.6. The fourth-order valence-corrected chi connectivity index (χ4v) is 3.77. The predicted molar refractivity (Wildman–Crippen MR) is 137 cm³/mol. The van der Waals surface area contributed by atoms with Crippen LogP contribution in [0, 0.1) is 18.8 Å². The molecule has 1 amide bonds. The summed E-state index contributed by atoms with van der Waals surface area (Å²) in [5.74, 6) is 5.34. The minimum atomic E-state index is -0.556. The van der Waals surface area contributed by atoms with Gasteiger partial charge in [-0.15, -0.1) is 0 Å². The molecule has 2 heterocycles. The molecule has 3 rings (SSSR count). The number of carbonyl (C=O) groups is 2. The molecule has 0 saturated carbocycles. The molecular weight excluding hydrogens is 440 g/mol. The highest BCUT2D eigenvalue weighted by Crippen LogP contribution is 2.20. The van der Waals surface area contributed by atoms with Gasteiger partial charge in [-0.2, -0.15) is 5.10 Å². The number of nitrogens with zero attached hydrogens (tertiary/aromatic N) is 3. The molecule has 184 valence electrons. The van der Waals surface area contributed by atoms with Crippen molar-refractivity contribution in [3.8, 4) is 11.8 Å². The van der Waals surface area contributed by atoms with Crippen LogP contribution < -0.4 is 5.73 Å². The third-order valence-electron chi connectivity index (χ3n) is 5.47. The standard InChI is InChI=1S/C28H34N4O3/c1-20-23-17-16-21(26(29)33)19-25(23)32(31-20)18-11-9-7-5-6-8-10-13-22-14-12-15-24(30-22)27(34)35-28(2,3)4/h12,14-17,19H,5-9,11,18H2,1-4H3,(H2,29,33). The first-order valence-corrected chi connectivity index (χ1v) is 12.1. The third-order valence-corrected chi connectivity index (χ3v) is 5.47. The molecule has 3 aromatic rings. The highest BCUT2D eigenvalue weighted by Gasteiger charge is 2.18. The first-order valence-electron chi connectivity index (χ1n) is 12.1. The predicted octanol–water partition coefficient (Wildman–Crippen LogP) is 5.19. The van der Waals surface area contributed by atoms with Crippen molar-refractivity contribution in [1.82, 2.24) is 14.8 Å². The van der Waals surface area contributed by atoms with Crippen molar-refractivity contribution in [1.29, 1.82) is 0 Å². The molecule has 0 saturated heterocycles. The molecule has 0 unspecified atom stereocenters. The molecule has 0 atom stereocenters. The van der Waals surface area contributed by atoms with E-state index >= 15 is 0 Å². The Labute approximate surface area is 207 Å². The number of fused-ring (bicyclic) bond motifs is 1. The van der Waals surface area contributed by atoms with E-state index in [1.807, 2.05) is 44.5 Å².